The maximum absolute atomic E-state index is 12.0. The van der Waals surface area contributed by atoms with Crippen molar-refractivity contribution in [3.05, 3.63) is 42.4 Å². The normalized spacial score (nSPS) is 12.1. The third-order valence-corrected chi connectivity index (χ3v) is 3.83. The number of hydrogen-bond donors (Lipinski definition) is 1. The van der Waals surface area contributed by atoms with Crippen LogP contribution in [0.25, 0.3) is 11.3 Å². The van der Waals surface area contributed by atoms with Crippen LogP contribution in [0, 0.1) is 0 Å². The summed E-state index contributed by atoms with van der Waals surface area (Å²) in [5, 5.41) is 3.04. The first-order valence-electron chi connectivity index (χ1n) is 8.48. The van der Waals surface area contributed by atoms with Crippen LogP contribution in [0.1, 0.15) is 51.8 Å². The van der Waals surface area contributed by atoms with Crippen molar-refractivity contribution in [2.24, 2.45) is 0 Å². The van der Waals surface area contributed by atoms with E-state index in [0.717, 1.165) is 24.2 Å². The molecule has 2 aromatic rings. The fourth-order valence-electron chi connectivity index (χ4n) is 2.50. The Hall–Kier alpha value is -2.10. The standard InChI is InChI=1S/C19H26N2O2/c1-3-4-6-9-15(2)21-18(22)12-13-19-20-14-17(23-19)16-10-7-5-8-11-16/h5,7-8,10-11,14-15H,3-4,6,9,12-13H2,1-2H3,(H,21,22). The number of carbonyl (C=O) groups is 1. The van der Waals surface area contributed by atoms with Crippen molar-refractivity contribution in [1.82, 2.24) is 10.3 Å². The van der Waals surface area contributed by atoms with Gasteiger partial charge in [-0.2, -0.15) is 0 Å². The summed E-state index contributed by atoms with van der Waals surface area (Å²) in [6.07, 6.45) is 7.28. The summed E-state index contributed by atoms with van der Waals surface area (Å²) in [6, 6.07) is 10.1. The van der Waals surface area contributed by atoms with E-state index in [-0.39, 0.29) is 11.9 Å². The number of benzene rings is 1. The smallest absolute Gasteiger partial charge is 0.220 e. The van der Waals surface area contributed by atoms with E-state index in [9.17, 15) is 4.79 Å². The number of aryl methyl sites for hydroxylation is 1. The maximum Gasteiger partial charge on any atom is 0.220 e. The lowest BCUT2D eigenvalue weighted by molar-refractivity contribution is -0.121. The van der Waals surface area contributed by atoms with Gasteiger partial charge >= 0.3 is 0 Å². The van der Waals surface area contributed by atoms with Crippen molar-refractivity contribution >= 4 is 5.91 Å². The fourth-order valence-corrected chi connectivity index (χ4v) is 2.50. The summed E-state index contributed by atoms with van der Waals surface area (Å²) >= 11 is 0. The van der Waals surface area contributed by atoms with Crippen molar-refractivity contribution in [2.45, 2.75) is 58.4 Å². The van der Waals surface area contributed by atoms with Crippen LogP contribution in [-0.4, -0.2) is 16.9 Å². The van der Waals surface area contributed by atoms with Gasteiger partial charge in [-0.1, -0.05) is 56.5 Å². The van der Waals surface area contributed by atoms with Gasteiger partial charge in [-0.25, -0.2) is 4.98 Å². The first kappa shape index (κ1) is 17.3. The number of hydrogen-bond acceptors (Lipinski definition) is 3. The van der Waals surface area contributed by atoms with Gasteiger partial charge in [-0.05, 0) is 13.3 Å². The minimum absolute atomic E-state index is 0.0634. The summed E-state index contributed by atoms with van der Waals surface area (Å²) in [5.74, 6) is 1.42. The topological polar surface area (TPSA) is 55.1 Å². The molecule has 0 fully saturated rings. The van der Waals surface area contributed by atoms with Crippen molar-refractivity contribution in [1.29, 1.82) is 0 Å². The van der Waals surface area contributed by atoms with Gasteiger partial charge in [0.05, 0.1) is 6.20 Å². The van der Waals surface area contributed by atoms with E-state index >= 15 is 0 Å². The average Bonchev–Trinajstić information content (AvgIpc) is 3.03. The van der Waals surface area contributed by atoms with Crippen molar-refractivity contribution < 1.29 is 9.21 Å². The highest BCUT2D eigenvalue weighted by Gasteiger charge is 2.10. The minimum atomic E-state index is 0.0634. The lowest BCUT2D eigenvalue weighted by atomic mass is 10.1. The number of amides is 1. The lowest BCUT2D eigenvalue weighted by Crippen LogP contribution is -2.32. The van der Waals surface area contributed by atoms with Gasteiger partial charge in [0.2, 0.25) is 5.91 Å². The second-order valence-electron chi connectivity index (χ2n) is 5.95. The van der Waals surface area contributed by atoms with Crippen LogP contribution in [0.3, 0.4) is 0 Å². The van der Waals surface area contributed by atoms with Crippen LogP contribution < -0.4 is 5.32 Å². The number of rotatable bonds is 9. The molecule has 0 saturated heterocycles. The second-order valence-corrected chi connectivity index (χ2v) is 5.95. The molecule has 1 amide bonds. The van der Waals surface area contributed by atoms with Crippen molar-refractivity contribution in [3.8, 4) is 11.3 Å². The average molecular weight is 314 g/mol. The van der Waals surface area contributed by atoms with Crippen LogP contribution >= 0.6 is 0 Å². The Morgan fingerprint density at radius 3 is 2.78 bits per heavy atom. The molecule has 0 radical (unpaired) electrons. The van der Waals surface area contributed by atoms with Crippen molar-refractivity contribution in [2.75, 3.05) is 0 Å². The Morgan fingerprint density at radius 1 is 1.26 bits per heavy atom. The Morgan fingerprint density at radius 2 is 2.04 bits per heavy atom. The second kappa shape index (κ2) is 9.13. The molecule has 2 rings (SSSR count). The summed E-state index contributed by atoms with van der Waals surface area (Å²) in [5.41, 5.74) is 1.00. The molecule has 0 spiro atoms. The molecular weight excluding hydrogens is 288 g/mol. The zero-order valence-electron chi connectivity index (χ0n) is 14.0. The van der Waals surface area contributed by atoms with Crippen molar-refractivity contribution in [3.63, 3.8) is 0 Å². The van der Waals surface area contributed by atoms with Crippen LogP contribution in [0.2, 0.25) is 0 Å². The highest BCUT2D eigenvalue weighted by Crippen LogP contribution is 2.20. The zero-order valence-corrected chi connectivity index (χ0v) is 14.0. The van der Waals surface area contributed by atoms with Gasteiger partial charge in [-0.3, -0.25) is 4.79 Å². The molecule has 0 saturated carbocycles. The third-order valence-electron chi connectivity index (χ3n) is 3.83. The monoisotopic (exact) mass is 314 g/mol. The molecule has 1 atom stereocenters. The Bertz CT molecular complexity index is 592. The van der Waals surface area contributed by atoms with E-state index < -0.39 is 0 Å². The van der Waals surface area contributed by atoms with Gasteiger partial charge in [0.15, 0.2) is 11.7 Å². The summed E-state index contributed by atoms with van der Waals surface area (Å²) in [6.45, 7) is 4.25. The quantitative estimate of drug-likeness (QED) is 0.700. The largest absolute Gasteiger partial charge is 0.441 e. The molecule has 0 aliphatic carbocycles. The highest BCUT2D eigenvalue weighted by atomic mass is 16.4. The predicted molar refractivity (Wildman–Crippen MR) is 92.0 cm³/mol. The third kappa shape index (κ3) is 5.89. The van der Waals surface area contributed by atoms with Gasteiger partial charge in [0, 0.05) is 24.4 Å². The fraction of sp³-hybridized carbons (Fsp3) is 0.474. The number of aromatic nitrogens is 1. The van der Waals surface area contributed by atoms with Gasteiger partial charge in [0.1, 0.15) is 0 Å². The van der Waals surface area contributed by atoms with Gasteiger partial charge in [0.25, 0.3) is 0 Å². The Labute approximate surface area is 138 Å². The predicted octanol–water partition coefficient (Wildman–Crippen LogP) is 4.36. The molecule has 1 N–H and O–H groups in total. The molecule has 0 aliphatic heterocycles. The van der Waals surface area contributed by atoms with E-state index in [1.54, 1.807) is 6.20 Å². The molecular formula is C19H26N2O2. The van der Waals surface area contributed by atoms with E-state index in [4.69, 9.17) is 4.42 Å². The zero-order chi connectivity index (χ0) is 16.5. The van der Waals surface area contributed by atoms with E-state index in [0.29, 0.717) is 18.7 Å². The number of carbonyl (C=O) groups excluding carboxylic acids is 1. The number of nitrogens with zero attached hydrogens (tertiary/aromatic N) is 1. The van der Waals surface area contributed by atoms with E-state index in [2.05, 4.69) is 24.1 Å². The lowest BCUT2D eigenvalue weighted by Gasteiger charge is -2.13. The molecule has 0 aliphatic rings. The SMILES string of the molecule is CCCCCC(C)NC(=O)CCc1ncc(-c2ccccc2)o1. The molecule has 1 aromatic carbocycles. The van der Waals surface area contributed by atoms with Crippen LogP contribution in [-0.2, 0) is 11.2 Å². The summed E-state index contributed by atoms with van der Waals surface area (Å²) < 4.78 is 5.71. The van der Waals surface area contributed by atoms with Crippen LogP contribution in [0.4, 0.5) is 0 Å². The van der Waals surface area contributed by atoms with E-state index in [1.165, 1.54) is 12.8 Å². The van der Waals surface area contributed by atoms with Crippen LogP contribution in [0.5, 0.6) is 0 Å². The maximum atomic E-state index is 12.0. The number of nitrogens with one attached hydrogen (secondary N) is 1. The first-order chi connectivity index (χ1) is 11.2. The Balaban J connectivity index is 1.75. The van der Waals surface area contributed by atoms with Gasteiger partial charge < -0.3 is 9.73 Å². The highest BCUT2D eigenvalue weighted by molar-refractivity contribution is 5.76. The Kier molecular flexibility index (Phi) is 6.85. The molecule has 1 unspecified atom stereocenters. The molecule has 23 heavy (non-hydrogen) atoms. The molecule has 0 bridgehead atoms. The van der Waals surface area contributed by atoms with E-state index in [1.807, 2.05) is 30.3 Å². The minimum Gasteiger partial charge on any atom is -0.441 e. The molecule has 1 aromatic heterocycles. The molecule has 4 heteroatoms. The summed E-state index contributed by atoms with van der Waals surface area (Å²) in [7, 11) is 0. The molecule has 1 heterocycles. The first-order valence-corrected chi connectivity index (χ1v) is 8.48. The van der Waals surface area contributed by atoms with Crippen LogP contribution in [0.15, 0.2) is 40.9 Å². The van der Waals surface area contributed by atoms with Gasteiger partial charge in [-0.15, -0.1) is 0 Å². The molecule has 124 valence electrons. The number of oxazole rings is 1. The molecule has 4 nitrogen and oxygen atoms in total. The summed E-state index contributed by atoms with van der Waals surface area (Å²) in [4.78, 5) is 16.2. The number of unbranched alkanes of at least 4 members (excludes halogenated alkanes) is 2.